The van der Waals surface area contributed by atoms with Gasteiger partial charge in [0, 0.05) is 13.5 Å². The van der Waals surface area contributed by atoms with Crippen LogP contribution in [0.4, 0.5) is 0 Å². The van der Waals surface area contributed by atoms with E-state index in [0.29, 0.717) is 12.0 Å². The van der Waals surface area contributed by atoms with Gasteiger partial charge in [-0.2, -0.15) is 4.89 Å². The maximum atomic E-state index is 11.8. The number of carbonyl (C=O) groups is 1. The summed E-state index contributed by atoms with van der Waals surface area (Å²) in [6, 6.07) is 7.33. The predicted octanol–water partition coefficient (Wildman–Crippen LogP) is 4.05. The molecule has 0 aromatic heterocycles. The van der Waals surface area contributed by atoms with Crippen LogP contribution in [0.5, 0.6) is 0 Å². The lowest BCUT2D eigenvalue weighted by molar-refractivity contribution is -0.218. The Bertz CT molecular complexity index is 455. The Labute approximate surface area is 127 Å². The summed E-state index contributed by atoms with van der Waals surface area (Å²) in [6.45, 7) is 11.6. The number of hydrogen-bond acceptors (Lipinski definition) is 4. The van der Waals surface area contributed by atoms with E-state index in [1.54, 1.807) is 19.2 Å². The Hall–Kier alpha value is -1.39. The van der Waals surface area contributed by atoms with Gasteiger partial charge in [-0.3, -0.25) is 4.89 Å². The van der Waals surface area contributed by atoms with Crippen molar-refractivity contribution < 1.29 is 19.3 Å². The molecule has 0 aliphatic carbocycles. The summed E-state index contributed by atoms with van der Waals surface area (Å²) in [6.07, 6.45) is 0.514. The molecule has 4 heteroatoms. The van der Waals surface area contributed by atoms with Crippen molar-refractivity contribution in [2.45, 2.75) is 52.1 Å². The summed E-state index contributed by atoms with van der Waals surface area (Å²) in [7, 11) is 1.62. The number of benzene rings is 1. The van der Waals surface area contributed by atoms with E-state index in [9.17, 15) is 4.79 Å². The quantitative estimate of drug-likeness (QED) is 0.451. The van der Waals surface area contributed by atoms with Gasteiger partial charge in [-0.05, 0) is 37.0 Å². The van der Waals surface area contributed by atoms with Crippen LogP contribution in [0.2, 0.25) is 0 Å². The van der Waals surface area contributed by atoms with Crippen LogP contribution in [0.25, 0.3) is 0 Å². The lowest BCUT2D eigenvalue weighted by atomic mass is 9.87. The van der Waals surface area contributed by atoms with Crippen LogP contribution in [0.15, 0.2) is 24.3 Å². The van der Waals surface area contributed by atoms with Crippen LogP contribution in [0, 0.1) is 6.61 Å². The molecule has 1 rings (SSSR count). The van der Waals surface area contributed by atoms with Gasteiger partial charge in [0.25, 0.3) is 0 Å². The highest BCUT2D eigenvalue weighted by molar-refractivity contribution is 5.88. The number of ether oxygens (including phenoxy) is 1. The van der Waals surface area contributed by atoms with Gasteiger partial charge in [-0.15, -0.1) is 0 Å². The predicted molar refractivity (Wildman–Crippen MR) is 81.6 cm³/mol. The second-order valence-electron chi connectivity index (χ2n) is 6.63. The first kappa shape index (κ1) is 17.7. The van der Waals surface area contributed by atoms with Crippen molar-refractivity contribution in [1.82, 2.24) is 0 Å². The molecule has 0 fully saturated rings. The van der Waals surface area contributed by atoms with Gasteiger partial charge in [-0.25, -0.2) is 4.79 Å². The Morgan fingerprint density at radius 2 is 1.67 bits per heavy atom. The van der Waals surface area contributed by atoms with E-state index in [2.05, 4.69) is 20.8 Å². The number of methoxy groups -OCH3 is 1. The molecule has 1 aromatic carbocycles. The molecule has 0 aliphatic rings. The van der Waals surface area contributed by atoms with Gasteiger partial charge in [-0.1, -0.05) is 32.9 Å². The fourth-order valence-electron chi connectivity index (χ4n) is 1.55. The molecule has 0 aliphatic heterocycles. The molecule has 21 heavy (non-hydrogen) atoms. The topological polar surface area (TPSA) is 44.8 Å². The van der Waals surface area contributed by atoms with Crippen molar-refractivity contribution >= 4 is 5.97 Å². The molecule has 117 valence electrons. The monoisotopic (exact) mass is 293 g/mol. The molecule has 0 bridgehead atoms. The van der Waals surface area contributed by atoms with E-state index in [4.69, 9.17) is 14.5 Å². The molecule has 0 N–H and O–H groups in total. The summed E-state index contributed by atoms with van der Waals surface area (Å²) in [5, 5.41) is 0. The van der Waals surface area contributed by atoms with E-state index in [1.807, 2.05) is 26.0 Å². The smallest absolute Gasteiger partial charge is 0.373 e. The largest absolute Gasteiger partial charge is 0.379 e. The van der Waals surface area contributed by atoms with Crippen LogP contribution < -0.4 is 0 Å². The van der Waals surface area contributed by atoms with E-state index < -0.39 is 5.97 Å². The molecule has 1 radical (unpaired) electrons. The van der Waals surface area contributed by atoms with Crippen molar-refractivity contribution in [2.75, 3.05) is 7.11 Å². The third-order valence-corrected chi connectivity index (χ3v) is 3.31. The molecule has 0 saturated heterocycles. The van der Waals surface area contributed by atoms with Crippen LogP contribution in [-0.2, 0) is 19.9 Å². The summed E-state index contributed by atoms with van der Waals surface area (Å²) in [5.74, 6) is -0.512. The van der Waals surface area contributed by atoms with Crippen molar-refractivity contribution in [3.8, 4) is 0 Å². The first-order valence-corrected chi connectivity index (χ1v) is 7.01. The normalized spacial score (nSPS) is 12.3. The molecule has 0 atom stereocenters. The molecule has 0 amide bonds. The minimum Gasteiger partial charge on any atom is -0.379 e. The van der Waals surface area contributed by atoms with Crippen molar-refractivity contribution in [2.24, 2.45) is 0 Å². The molecule has 4 nitrogen and oxygen atoms in total. The van der Waals surface area contributed by atoms with Crippen molar-refractivity contribution in [3.63, 3.8) is 0 Å². The molecule has 0 heterocycles. The minimum absolute atomic E-state index is 0.0540. The zero-order valence-electron chi connectivity index (χ0n) is 13.7. The summed E-state index contributed by atoms with van der Waals surface area (Å²) in [4.78, 5) is 21.4. The third kappa shape index (κ3) is 5.86. The first-order valence-electron chi connectivity index (χ1n) is 7.01. The lowest BCUT2D eigenvalue weighted by Gasteiger charge is -2.21. The molecular formula is C17H25O4. The fraction of sp³-hybridized carbons (Fsp3) is 0.529. The van der Waals surface area contributed by atoms with Crippen LogP contribution in [-0.4, -0.2) is 18.7 Å². The highest BCUT2D eigenvalue weighted by Gasteiger charge is 2.18. The maximum absolute atomic E-state index is 11.8. The number of hydrogen-bond donors (Lipinski definition) is 0. The SMILES string of the molecule is COC(C)(C)C[CH]OOC(=O)c1ccc(C(C)(C)C)cc1. The van der Waals surface area contributed by atoms with Crippen molar-refractivity contribution in [1.29, 1.82) is 0 Å². The lowest BCUT2D eigenvalue weighted by Crippen LogP contribution is -2.22. The summed E-state index contributed by atoms with van der Waals surface area (Å²) < 4.78 is 5.22. The Morgan fingerprint density at radius 3 is 2.14 bits per heavy atom. The minimum atomic E-state index is -0.512. The molecule has 0 saturated carbocycles. The van der Waals surface area contributed by atoms with Crippen LogP contribution >= 0.6 is 0 Å². The van der Waals surface area contributed by atoms with Gasteiger partial charge in [0.1, 0.15) is 6.61 Å². The van der Waals surface area contributed by atoms with E-state index in [1.165, 1.54) is 6.61 Å². The Kier molecular flexibility index (Phi) is 5.93. The summed E-state index contributed by atoms with van der Waals surface area (Å²) in [5.41, 5.74) is 1.33. The van der Waals surface area contributed by atoms with Gasteiger partial charge in [0.05, 0.1) is 11.2 Å². The zero-order valence-corrected chi connectivity index (χ0v) is 13.7. The number of carbonyl (C=O) groups excluding carboxylic acids is 1. The average molecular weight is 293 g/mol. The standard InChI is InChI=1S/C17H25O4/c1-16(2,3)14-9-7-13(8-10-14)15(18)21-20-12-11-17(4,5)19-6/h7-10,12H,11H2,1-6H3. The van der Waals surface area contributed by atoms with Gasteiger partial charge >= 0.3 is 5.97 Å². The van der Waals surface area contributed by atoms with E-state index in [-0.39, 0.29) is 11.0 Å². The molecule has 0 unspecified atom stereocenters. The van der Waals surface area contributed by atoms with E-state index >= 15 is 0 Å². The highest BCUT2D eigenvalue weighted by Crippen LogP contribution is 2.22. The summed E-state index contributed by atoms with van der Waals surface area (Å²) >= 11 is 0. The second kappa shape index (κ2) is 7.05. The Balaban J connectivity index is 2.46. The van der Waals surface area contributed by atoms with Crippen LogP contribution in [0.3, 0.4) is 0 Å². The first-order chi connectivity index (χ1) is 9.65. The van der Waals surface area contributed by atoms with Gasteiger partial charge in [0.15, 0.2) is 0 Å². The fourth-order valence-corrected chi connectivity index (χ4v) is 1.55. The Morgan fingerprint density at radius 1 is 1.10 bits per heavy atom. The molecule has 1 aromatic rings. The average Bonchev–Trinajstić information content (AvgIpc) is 2.42. The number of rotatable bonds is 6. The van der Waals surface area contributed by atoms with Gasteiger partial charge < -0.3 is 4.74 Å². The second-order valence-corrected chi connectivity index (χ2v) is 6.63. The third-order valence-electron chi connectivity index (χ3n) is 3.31. The van der Waals surface area contributed by atoms with E-state index in [0.717, 1.165) is 5.56 Å². The van der Waals surface area contributed by atoms with Crippen molar-refractivity contribution in [3.05, 3.63) is 42.0 Å². The molecule has 0 spiro atoms. The zero-order chi connectivity index (χ0) is 16.1. The van der Waals surface area contributed by atoms with Gasteiger partial charge in [0.2, 0.25) is 0 Å². The van der Waals surface area contributed by atoms with Crippen LogP contribution in [0.1, 0.15) is 57.0 Å². The highest BCUT2D eigenvalue weighted by atomic mass is 17.2. The molecular weight excluding hydrogens is 268 g/mol. The maximum Gasteiger partial charge on any atom is 0.373 e.